The highest BCUT2D eigenvalue weighted by Crippen LogP contribution is 2.38. The van der Waals surface area contributed by atoms with Crippen LogP contribution in [0.1, 0.15) is 59.2 Å². The van der Waals surface area contributed by atoms with Crippen LogP contribution in [0, 0.1) is 6.92 Å². The Labute approximate surface area is 302 Å². The number of aromatic nitrogens is 3. The second kappa shape index (κ2) is 17.0. The highest BCUT2D eigenvalue weighted by atomic mass is 127. The van der Waals surface area contributed by atoms with Gasteiger partial charge in [0.1, 0.15) is 29.0 Å². The van der Waals surface area contributed by atoms with Crippen LogP contribution in [0.2, 0.25) is 10.0 Å². The molecule has 5 rings (SSSR count). The molecule has 2 aromatic heterocycles. The summed E-state index contributed by atoms with van der Waals surface area (Å²) in [6.45, 7) is 9.85. The van der Waals surface area contributed by atoms with Crippen LogP contribution in [-0.2, 0) is 12.0 Å². The average Bonchev–Trinajstić information content (AvgIpc) is 3.71. The summed E-state index contributed by atoms with van der Waals surface area (Å²) >= 11 is 15.0. The second-order valence-corrected chi connectivity index (χ2v) is 12.4. The lowest BCUT2D eigenvalue weighted by molar-refractivity contribution is 0.222. The molecule has 3 N–H and O–H groups in total. The van der Waals surface area contributed by atoms with Gasteiger partial charge in [-0.3, -0.25) is 10.6 Å². The first-order valence-corrected chi connectivity index (χ1v) is 16.9. The van der Waals surface area contributed by atoms with E-state index in [0.717, 1.165) is 48.4 Å². The number of likely N-dealkylation sites (tertiary alicyclic amines) is 1. The molecule has 0 saturated carbocycles. The average molecular weight is 796 g/mol. The third kappa shape index (κ3) is 9.97. The van der Waals surface area contributed by atoms with Crippen molar-refractivity contribution < 1.29 is 15.7 Å². The van der Waals surface area contributed by atoms with E-state index in [2.05, 4.69) is 41.7 Å². The Balaban J connectivity index is 0.00000151. The number of amides is 4. The molecule has 13 heteroatoms. The third-order valence-electron chi connectivity index (χ3n) is 7.14. The van der Waals surface area contributed by atoms with E-state index < -0.39 is 6.03 Å². The van der Waals surface area contributed by atoms with E-state index in [-0.39, 0.29) is 35.5 Å². The van der Waals surface area contributed by atoms with Crippen molar-refractivity contribution in [1.82, 2.24) is 19.7 Å². The lowest BCUT2D eigenvalue weighted by Crippen LogP contribution is -2.32. The predicted molar refractivity (Wildman–Crippen MR) is 201 cm³/mol. The lowest BCUT2D eigenvalue weighted by Gasteiger charge is -2.16. The molecule has 2 aromatic carbocycles. The van der Waals surface area contributed by atoms with Crippen LogP contribution < -0.4 is 20.7 Å². The number of pyridine rings is 1. The Bertz CT molecular complexity index is 1690. The Morgan fingerprint density at radius 1 is 1.00 bits per heavy atom. The van der Waals surface area contributed by atoms with E-state index >= 15 is 0 Å². The molecule has 47 heavy (non-hydrogen) atoms. The van der Waals surface area contributed by atoms with Gasteiger partial charge in [0.2, 0.25) is 0 Å². The van der Waals surface area contributed by atoms with Crippen LogP contribution in [0.3, 0.4) is 0 Å². The highest BCUT2D eigenvalue weighted by Gasteiger charge is 2.22. The number of hydrogen-bond acceptors (Lipinski definition) is 5. The van der Waals surface area contributed by atoms with E-state index in [1.807, 2.05) is 59.8 Å². The molecule has 10 nitrogen and oxygen atoms in total. The highest BCUT2D eigenvalue weighted by molar-refractivity contribution is 14.1. The lowest BCUT2D eigenvalue weighted by atomic mass is 9.92. The maximum absolute atomic E-state index is 13.1. The zero-order chi connectivity index (χ0) is 34.1. The molecular formula is C34H42Cl2IN7O3. The molecule has 1 aliphatic heterocycles. The summed E-state index contributed by atoms with van der Waals surface area (Å²) in [4.78, 5) is 32.0. The van der Waals surface area contributed by atoms with Gasteiger partial charge in [0.05, 0.1) is 22.1 Å². The van der Waals surface area contributed by atoms with Gasteiger partial charge in [-0.2, -0.15) is 5.10 Å². The topological polar surface area (TPSA) is 113 Å². The number of carbonyl (C=O) groups excluding carboxylic acids is 2. The third-order valence-corrected chi connectivity index (χ3v) is 8.00. The standard InChI is InChI=1S/C32H35Cl2N7O3.CH3I.CH4/c1-20-7-9-22(10-8-20)41-27(18-25(39-41)32(2,3)4)38-30(42)36-23-11-12-24(29(34)28(23)33)44-19-21-13-14-35-26(17-21)37-31(43)40-15-5-6-16-40;1-2;/h7-14,17-18H,5-6,15-16,19H2,1-4H3,(H,35,37,43)(H2,36,38,42);1H3;1H4/i;1D;. The molecule has 0 unspecified atom stereocenters. The minimum Gasteiger partial charge on any atom is -0.487 e. The fourth-order valence-corrected chi connectivity index (χ4v) is 5.05. The molecule has 252 valence electrons. The zero-order valence-electron chi connectivity index (χ0n) is 27.2. The number of anilines is 3. The summed E-state index contributed by atoms with van der Waals surface area (Å²) < 4.78 is 13.8. The Hall–Kier alpha value is -3.55. The van der Waals surface area contributed by atoms with Crippen molar-refractivity contribution in [3.63, 3.8) is 0 Å². The van der Waals surface area contributed by atoms with Gasteiger partial charge >= 0.3 is 12.1 Å². The summed E-state index contributed by atoms with van der Waals surface area (Å²) in [5, 5.41) is 13.5. The molecule has 1 aliphatic rings. The molecule has 4 amide bonds. The zero-order valence-corrected chi connectivity index (χ0v) is 29.8. The number of urea groups is 2. The molecule has 0 atom stereocenters. The van der Waals surface area contributed by atoms with E-state index in [0.29, 0.717) is 28.0 Å². The summed E-state index contributed by atoms with van der Waals surface area (Å²) in [5.74, 6) is 1.29. The number of alkyl halides is 1. The fourth-order valence-electron chi connectivity index (χ4n) is 4.63. The van der Waals surface area contributed by atoms with Gasteiger partial charge in [0.15, 0.2) is 0 Å². The number of rotatable bonds is 7. The van der Waals surface area contributed by atoms with Crippen LogP contribution in [0.25, 0.3) is 5.69 Å². The molecule has 1 fully saturated rings. The number of halogens is 3. The molecule has 0 bridgehead atoms. The van der Waals surface area contributed by atoms with Gasteiger partial charge in [-0.25, -0.2) is 19.3 Å². The fraction of sp³-hybridized carbons (Fsp3) is 0.353. The number of benzene rings is 2. The number of nitrogens with zero attached hydrogens (tertiary/aromatic N) is 4. The maximum atomic E-state index is 13.1. The molecule has 1 saturated heterocycles. The van der Waals surface area contributed by atoms with E-state index in [1.165, 1.54) is 0 Å². The minimum atomic E-state index is -0.509. The quantitative estimate of drug-likeness (QED) is 0.127. The Morgan fingerprint density at radius 3 is 2.34 bits per heavy atom. The molecule has 4 aromatic rings. The van der Waals surface area contributed by atoms with E-state index in [4.69, 9.17) is 34.4 Å². The van der Waals surface area contributed by atoms with Gasteiger partial charge in [-0.05, 0) is 66.6 Å². The second-order valence-electron chi connectivity index (χ2n) is 11.7. The molecule has 0 radical (unpaired) electrons. The number of aryl methyl sites for hydroxylation is 1. The van der Waals surface area contributed by atoms with Gasteiger partial charge in [0, 0.05) is 32.1 Å². The number of nitrogens with one attached hydrogen (secondary N) is 3. The van der Waals surface area contributed by atoms with Crippen LogP contribution in [-0.4, -0.2) is 49.7 Å². The maximum Gasteiger partial charge on any atom is 0.324 e. The van der Waals surface area contributed by atoms with Crippen molar-refractivity contribution in [2.45, 2.75) is 60.0 Å². The van der Waals surface area contributed by atoms with Crippen LogP contribution in [0.15, 0.2) is 60.8 Å². The van der Waals surface area contributed by atoms with E-state index in [9.17, 15) is 9.59 Å². The van der Waals surface area contributed by atoms with Gasteiger partial charge < -0.3 is 15.0 Å². The van der Waals surface area contributed by atoms with Crippen molar-refractivity contribution in [3.8, 4) is 11.4 Å². The molecule has 0 aliphatic carbocycles. The Kier molecular flexibility index (Phi) is 13.1. The van der Waals surface area contributed by atoms with E-state index in [1.54, 1.807) is 40.0 Å². The first-order chi connectivity index (χ1) is 22.4. The van der Waals surface area contributed by atoms with Gasteiger partial charge in [-0.1, -0.05) is 91.7 Å². The van der Waals surface area contributed by atoms with Gasteiger partial charge in [-0.15, -0.1) is 0 Å². The summed E-state index contributed by atoms with van der Waals surface area (Å²) in [7, 11) is 0. The monoisotopic (exact) mass is 794 g/mol. The number of carbonyl (C=O) groups is 2. The summed E-state index contributed by atoms with van der Waals surface area (Å²) in [6.07, 6.45) is 3.62. The minimum absolute atomic E-state index is 0. The van der Waals surface area contributed by atoms with Crippen molar-refractivity contribution in [1.29, 1.82) is 0 Å². The smallest absolute Gasteiger partial charge is 0.324 e. The predicted octanol–water partition coefficient (Wildman–Crippen LogP) is 9.72. The van der Waals surface area contributed by atoms with Crippen LogP contribution in [0.5, 0.6) is 5.75 Å². The SMILES string of the molecule is C.Cc1ccc(-n2nc(C(C)(C)C)cc2NC(=O)Nc2ccc(OCc3ccnc(NC(=O)N4CCCC4)c3)c(Cl)c2Cl)cc1.[2H]CI. The first-order valence-electron chi connectivity index (χ1n) is 15.3. The Morgan fingerprint density at radius 2 is 1.68 bits per heavy atom. The molecule has 3 heterocycles. The largest absolute Gasteiger partial charge is 0.487 e. The van der Waals surface area contributed by atoms with Crippen molar-refractivity contribution >= 4 is 75.2 Å². The molecule has 0 spiro atoms. The first kappa shape index (κ1) is 36.3. The van der Waals surface area contributed by atoms with Gasteiger partial charge in [0.25, 0.3) is 0 Å². The van der Waals surface area contributed by atoms with Crippen molar-refractivity contribution in [2.75, 3.05) is 33.9 Å². The van der Waals surface area contributed by atoms with Crippen molar-refractivity contribution in [3.05, 3.63) is 87.7 Å². The van der Waals surface area contributed by atoms with Crippen molar-refractivity contribution in [2.24, 2.45) is 0 Å². The summed E-state index contributed by atoms with van der Waals surface area (Å²) in [5.41, 5.74) is 3.63. The number of ether oxygens (including phenoxy) is 1. The van der Waals surface area contributed by atoms with Crippen LogP contribution in [0.4, 0.5) is 26.9 Å². The molecular weight excluding hydrogens is 752 g/mol. The normalized spacial score (nSPS) is 12.7. The summed E-state index contributed by atoms with van der Waals surface area (Å²) in [6, 6.07) is 15.8. The van der Waals surface area contributed by atoms with Crippen LogP contribution >= 0.6 is 45.8 Å². The number of hydrogen-bond donors (Lipinski definition) is 3.